The van der Waals surface area contributed by atoms with Crippen molar-refractivity contribution >= 4 is 8.58 Å². The van der Waals surface area contributed by atoms with Crippen molar-refractivity contribution in [2.24, 2.45) is 28.1 Å². The summed E-state index contributed by atoms with van der Waals surface area (Å²) >= 11 is 0. The largest absolute Gasteiger partial charge is 0.119 e. The zero-order valence-electron chi connectivity index (χ0n) is 17.9. The molecule has 0 bridgehead atoms. The number of rotatable bonds is 4. The number of allylic oxidation sites excluding steroid dienone is 4. The van der Waals surface area contributed by atoms with Gasteiger partial charge in [-0.05, 0) is 48.3 Å². The fourth-order valence-electron chi connectivity index (χ4n) is 5.27. The Labute approximate surface area is 153 Å². The molecule has 0 fully saturated rings. The van der Waals surface area contributed by atoms with Gasteiger partial charge >= 0.3 is 0 Å². The SMILES string of the molecule is CCC1(C)C=CC(C)(C(C)C)C2=C1C(C)CCC2(C)C(C)(C)PC. The average molecular weight is 349 g/mol. The highest BCUT2D eigenvalue weighted by molar-refractivity contribution is 7.39. The molecular weight excluding hydrogens is 307 g/mol. The highest BCUT2D eigenvalue weighted by Crippen LogP contribution is 2.66. The van der Waals surface area contributed by atoms with E-state index in [2.05, 4.69) is 81.1 Å². The number of hydrogen-bond acceptors (Lipinski definition) is 0. The lowest BCUT2D eigenvalue weighted by Gasteiger charge is -2.59. The molecular formula is C23H41P. The summed E-state index contributed by atoms with van der Waals surface area (Å²) in [5.74, 6) is 1.36. The molecule has 138 valence electrons. The molecule has 0 nitrogen and oxygen atoms in total. The van der Waals surface area contributed by atoms with Crippen LogP contribution in [0.15, 0.2) is 23.3 Å². The standard InChI is InChI=1S/C23H41P/c1-11-21(7)14-15-22(8,16(2)3)19-18(21)17(4)12-13-23(19,9)20(5,6)24-10/h14-17,24H,11-13H2,1-10H3. The molecule has 5 unspecified atom stereocenters. The Balaban J connectivity index is 2.85. The minimum absolute atomic E-state index is 0.199. The second-order valence-corrected chi connectivity index (χ2v) is 11.7. The van der Waals surface area contributed by atoms with Crippen LogP contribution in [0.25, 0.3) is 0 Å². The fraction of sp³-hybridized carbons (Fsp3) is 0.826. The first kappa shape index (κ1) is 20.2. The predicted octanol–water partition coefficient (Wildman–Crippen LogP) is 7.45. The molecule has 0 saturated carbocycles. The first-order valence-electron chi connectivity index (χ1n) is 10.0. The van der Waals surface area contributed by atoms with Crippen molar-refractivity contribution in [2.45, 2.75) is 86.7 Å². The molecule has 0 spiro atoms. The van der Waals surface area contributed by atoms with Crippen LogP contribution in [0.4, 0.5) is 0 Å². The summed E-state index contributed by atoms with van der Waals surface area (Å²) in [6.45, 7) is 24.8. The monoisotopic (exact) mass is 348 g/mol. The molecule has 24 heavy (non-hydrogen) atoms. The van der Waals surface area contributed by atoms with Crippen LogP contribution in [0.1, 0.15) is 81.6 Å². The van der Waals surface area contributed by atoms with Gasteiger partial charge in [-0.2, -0.15) is 0 Å². The third-order valence-electron chi connectivity index (χ3n) is 8.28. The molecule has 2 rings (SSSR count). The van der Waals surface area contributed by atoms with Crippen LogP contribution in [0.3, 0.4) is 0 Å². The van der Waals surface area contributed by atoms with Gasteiger partial charge in [-0.1, -0.05) is 85.6 Å². The third-order valence-corrected chi connectivity index (χ3v) is 10.1. The lowest BCUT2D eigenvalue weighted by atomic mass is 9.48. The maximum absolute atomic E-state index is 2.60. The maximum atomic E-state index is 2.60. The Kier molecular flexibility index (Phi) is 5.28. The van der Waals surface area contributed by atoms with Gasteiger partial charge in [0.2, 0.25) is 0 Å². The molecule has 0 aromatic heterocycles. The van der Waals surface area contributed by atoms with E-state index in [0.717, 1.165) is 14.5 Å². The van der Waals surface area contributed by atoms with Crippen molar-refractivity contribution in [3.63, 3.8) is 0 Å². The van der Waals surface area contributed by atoms with Crippen molar-refractivity contribution < 1.29 is 0 Å². The van der Waals surface area contributed by atoms with Crippen molar-refractivity contribution in [3.05, 3.63) is 23.3 Å². The number of hydrogen-bond donors (Lipinski definition) is 0. The van der Waals surface area contributed by atoms with Gasteiger partial charge in [-0.3, -0.25) is 0 Å². The second-order valence-electron chi connectivity index (χ2n) is 9.98. The Morgan fingerprint density at radius 3 is 2.25 bits per heavy atom. The van der Waals surface area contributed by atoms with Crippen LogP contribution >= 0.6 is 8.58 Å². The van der Waals surface area contributed by atoms with Crippen LogP contribution in [0.5, 0.6) is 0 Å². The molecule has 0 N–H and O–H groups in total. The third kappa shape index (κ3) is 2.67. The summed E-state index contributed by atoms with van der Waals surface area (Å²) in [6, 6.07) is 0. The van der Waals surface area contributed by atoms with E-state index in [1.165, 1.54) is 19.3 Å². The summed E-state index contributed by atoms with van der Waals surface area (Å²) in [5.41, 5.74) is 4.36. The van der Waals surface area contributed by atoms with E-state index in [1.807, 2.05) is 5.57 Å². The quantitative estimate of drug-likeness (QED) is 0.365. The summed E-state index contributed by atoms with van der Waals surface area (Å²) < 4.78 is 0. The summed E-state index contributed by atoms with van der Waals surface area (Å²) in [6.07, 6.45) is 9.06. The summed E-state index contributed by atoms with van der Waals surface area (Å²) in [7, 11) is 0.977. The molecule has 0 heterocycles. The van der Waals surface area contributed by atoms with Gasteiger partial charge < -0.3 is 0 Å². The molecule has 0 aromatic carbocycles. The van der Waals surface area contributed by atoms with Crippen LogP contribution in [0.2, 0.25) is 0 Å². The van der Waals surface area contributed by atoms with Gasteiger partial charge in [0, 0.05) is 10.8 Å². The Hall–Kier alpha value is -0.0900. The van der Waals surface area contributed by atoms with Gasteiger partial charge in [0.05, 0.1) is 0 Å². The maximum Gasteiger partial charge on any atom is 0.00946 e. The normalized spacial score (nSPS) is 40.7. The lowest BCUT2D eigenvalue weighted by Crippen LogP contribution is -2.51. The molecule has 0 aromatic rings. The highest BCUT2D eigenvalue weighted by atomic mass is 31.1. The van der Waals surface area contributed by atoms with Gasteiger partial charge in [-0.25, -0.2) is 0 Å². The van der Waals surface area contributed by atoms with Crippen LogP contribution in [-0.2, 0) is 0 Å². The molecule has 0 saturated heterocycles. The van der Waals surface area contributed by atoms with Crippen LogP contribution < -0.4 is 0 Å². The van der Waals surface area contributed by atoms with Gasteiger partial charge in [0.1, 0.15) is 0 Å². The zero-order valence-corrected chi connectivity index (χ0v) is 18.9. The molecule has 5 atom stereocenters. The van der Waals surface area contributed by atoms with E-state index in [-0.39, 0.29) is 10.8 Å². The van der Waals surface area contributed by atoms with E-state index in [4.69, 9.17) is 0 Å². The smallest absolute Gasteiger partial charge is 0.00946 e. The molecule has 0 amide bonds. The molecule has 2 aliphatic rings. The molecule has 2 aliphatic carbocycles. The highest BCUT2D eigenvalue weighted by Gasteiger charge is 2.55. The Morgan fingerprint density at radius 2 is 1.79 bits per heavy atom. The minimum atomic E-state index is 0.199. The molecule has 1 heteroatoms. The minimum Gasteiger partial charge on any atom is -0.119 e. The van der Waals surface area contributed by atoms with E-state index >= 15 is 0 Å². The first-order chi connectivity index (χ1) is 10.9. The van der Waals surface area contributed by atoms with Crippen molar-refractivity contribution in [2.75, 3.05) is 6.66 Å². The van der Waals surface area contributed by atoms with Crippen LogP contribution in [-0.4, -0.2) is 11.8 Å². The molecule has 0 radical (unpaired) electrons. The van der Waals surface area contributed by atoms with Crippen molar-refractivity contribution in [3.8, 4) is 0 Å². The fourth-order valence-corrected chi connectivity index (χ4v) is 6.07. The van der Waals surface area contributed by atoms with Crippen molar-refractivity contribution in [1.29, 1.82) is 0 Å². The Bertz CT molecular complexity index is 552. The average Bonchev–Trinajstić information content (AvgIpc) is 2.53. The summed E-state index contributed by atoms with van der Waals surface area (Å²) in [4.78, 5) is 0. The topological polar surface area (TPSA) is 0 Å². The van der Waals surface area contributed by atoms with Gasteiger partial charge in [0.15, 0.2) is 0 Å². The predicted molar refractivity (Wildman–Crippen MR) is 112 cm³/mol. The first-order valence-corrected chi connectivity index (χ1v) is 11.5. The summed E-state index contributed by atoms with van der Waals surface area (Å²) in [5, 5.41) is 0.365. The van der Waals surface area contributed by atoms with Gasteiger partial charge in [0.25, 0.3) is 0 Å². The molecule has 0 aliphatic heterocycles. The second kappa shape index (κ2) is 6.26. The lowest BCUT2D eigenvalue weighted by molar-refractivity contribution is 0.153. The van der Waals surface area contributed by atoms with E-state index in [1.54, 1.807) is 5.57 Å². The van der Waals surface area contributed by atoms with E-state index < -0.39 is 0 Å². The van der Waals surface area contributed by atoms with E-state index in [0.29, 0.717) is 16.5 Å². The zero-order chi connectivity index (χ0) is 18.6. The Morgan fingerprint density at radius 1 is 1.21 bits per heavy atom. The van der Waals surface area contributed by atoms with Gasteiger partial charge in [-0.15, -0.1) is 8.58 Å². The van der Waals surface area contributed by atoms with Crippen molar-refractivity contribution in [1.82, 2.24) is 0 Å². The van der Waals surface area contributed by atoms with Crippen LogP contribution in [0, 0.1) is 28.1 Å². The van der Waals surface area contributed by atoms with E-state index in [9.17, 15) is 0 Å².